The molecule has 5 rings (SSSR count). The van der Waals surface area contributed by atoms with Gasteiger partial charge in [-0.15, -0.1) is 0 Å². The third-order valence-electron chi connectivity index (χ3n) is 7.16. The van der Waals surface area contributed by atoms with E-state index in [4.69, 9.17) is 4.98 Å². The van der Waals surface area contributed by atoms with Gasteiger partial charge in [-0.05, 0) is 56.4 Å². The first-order valence-electron chi connectivity index (χ1n) is 12.6. The highest BCUT2D eigenvalue weighted by Gasteiger charge is 2.30. The zero-order valence-electron chi connectivity index (χ0n) is 21.1. The van der Waals surface area contributed by atoms with Crippen LogP contribution in [0.1, 0.15) is 59.9 Å². The van der Waals surface area contributed by atoms with Crippen molar-refractivity contribution >= 4 is 23.0 Å². The molecule has 1 aliphatic rings. The molecule has 0 amide bonds. The van der Waals surface area contributed by atoms with Gasteiger partial charge < -0.3 is 15.0 Å². The third-order valence-corrected chi connectivity index (χ3v) is 7.16. The van der Waals surface area contributed by atoms with Gasteiger partial charge >= 0.3 is 12.1 Å². The molecule has 2 N–H and O–H groups in total. The summed E-state index contributed by atoms with van der Waals surface area (Å²) in [7, 11) is 0. The van der Waals surface area contributed by atoms with Crippen molar-refractivity contribution in [3.05, 3.63) is 71.0 Å². The number of anilines is 1. The predicted octanol–water partition coefficient (Wildman–Crippen LogP) is 6.56. The lowest BCUT2D eigenvalue weighted by Crippen LogP contribution is -2.25. The smallest absolute Gasteiger partial charge is 0.416 e. The molecule has 2 aromatic heterocycles. The molecule has 0 saturated heterocycles. The average Bonchev–Trinajstić information content (AvgIpc) is 3.53. The summed E-state index contributed by atoms with van der Waals surface area (Å²) in [4.78, 5) is 25.2. The van der Waals surface area contributed by atoms with Crippen LogP contribution in [0.25, 0.3) is 22.6 Å². The van der Waals surface area contributed by atoms with Crippen molar-refractivity contribution < 1.29 is 23.1 Å². The minimum Gasteiger partial charge on any atom is -0.475 e. The van der Waals surface area contributed by atoms with Crippen LogP contribution in [0.15, 0.2) is 48.5 Å². The van der Waals surface area contributed by atoms with Crippen molar-refractivity contribution in [2.45, 2.75) is 58.3 Å². The van der Waals surface area contributed by atoms with Crippen molar-refractivity contribution in [1.82, 2.24) is 19.5 Å². The molecule has 2 aromatic carbocycles. The van der Waals surface area contributed by atoms with Crippen LogP contribution >= 0.6 is 0 Å². The molecule has 0 bridgehead atoms. The molecular weight excluding hydrogens is 495 g/mol. The number of aromatic nitrogens is 4. The van der Waals surface area contributed by atoms with E-state index >= 15 is 0 Å². The molecule has 0 aliphatic heterocycles. The number of imidazole rings is 1. The number of carbonyl (C=O) groups is 1. The molecule has 38 heavy (non-hydrogen) atoms. The molecule has 198 valence electrons. The fourth-order valence-electron chi connectivity index (χ4n) is 5.16. The molecule has 1 unspecified atom stereocenters. The molecule has 1 aliphatic carbocycles. The minimum atomic E-state index is -4.43. The second-order valence-corrected chi connectivity index (χ2v) is 9.94. The lowest BCUT2D eigenvalue weighted by molar-refractivity contribution is -0.137. The Kier molecular flexibility index (Phi) is 6.81. The Labute approximate surface area is 217 Å². The van der Waals surface area contributed by atoms with Crippen LogP contribution in [-0.2, 0) is 12.7 Å². The SMILES string of the molecule is Cc1cccc(-c2nc3nc(C(=O)O)nc(NC(C)C4CCCC4)c3n2Cc2ccc(C(F)(F)F)cc2)c1. The number of hydrogen-bond acceptors (Lipinski definition) is 5. The van der Waals surface area contributed by atoms with Crippen molar-refractivity contribution in [2.24, 2.45) is 5.92 Å². The fourth-order valence-corrected chi connectivity index (χ4v) is 5.16. The van der Waals surface area contributed by atoms with E-state index in [0.717, 1.165) is 48.9 Å². The number of halogens is 3. The summed E-state index contributed by atoms with van der Waals surface area (Å²) < 4.78 is 41.3. The topological polar surface area (TPSA) is 92.9 Å². The average molecular weight is 524 g/mol. The number of aromatic carboxylic acids is 1. The summed E-state index contributed by atoms with van der Waals surface area (Å²) in [5.74, 6) is -0.329. The number of aryl methyl sites for hydroxylation is 1. The Hall–Kier alpha value is -3.95. The van der Waals surface area contributed by atoms with Gasteiger partial charge in [-0.25, -0.2) is 19.7 Å². The van der Waals surface area contributed by atoms with Gasteiger partial charge in [0.15, 0.2) is 11.5 Å². The highest BCUT2D eigenvalue weighted by Crippen LogP contribution is 2.34. The van der Waals surface area contributed by atoms with Crippen molar-refractivity contribution in [3.63, 3.8) is 0 Å². The van der Waals surface area contributed by atoms with Crippen molar-refractivity contribution in [3.8, 4) is 11.4 Å². The Bertz CT molecular complexity index is 1470. The molecule has 0 radical (unpaired) electrons. The maximum atomic E-state index is 13.1. The van der Waals surface area contributed by atoms with Gasteiger partial charge in [-0.3, -0.25) is 0 Å². The Morgan fingerprint density at radius 2 is 1.82 bits per heavy atom. The molecule has 1 saturated carbocycles. The molecule has 4 aromatic rings. The largest absolute Gasteiger partial charge is 0.475 e. The summed E-state index contributed by atoms with van der Waals surface area (Å²) in [6.07, 6.45) is 0.0296. The van der Waals surface area contributed by atoms with Gasteiger partial charge in [0.25, 0.3) is 0 Å². The van der Waals surface area contributed by atoms with E-state index in [9.17, 15) is 23.1 Å². The molecule has 1 fully saturated rings. The summed E-state index contributed by atoms with van der Waals surface area (Å²) in [5, 5.41) is 13.1. The lowest BCUT2D eigenvalue weighted by atomic mass is 10.00. The van der Waals surface area contributed by atoms with Gasteiger partial charge in [-0.1, -0.05) is 48.7 Å². The molecular formula is C28H28F3N5O2. The Balaban J connectivity index is 1.67. The third kappa shape index (κ3) is 5.20. The highest BCUT2D eigenvalue weighted by atomic mass is 19.4. The summed E-state index contributed by atoms with van der Waals surface area (Å²) in [6, 6.07) is 12.7. The van der Waals surface area contributed by atoms with Crippen LogP contribution in [-0.4, -0.2) is 36.6 Å². The number of carboxylic acids is 1. The standard InChI is InChI=1S/C28H28F3N5O2/c1-16-6-5-9-20(14-16)26-35-24-22(36(26)15-18-10-12-21(13-11-18)28(29,30)31)23(33-25(34-24)27(37)38)32-17(2)19-7-3-4-8-19/h5-6,9-14,17,19H,3-4,7-8,15H2,1-2H3,(H,37,38)(H,32,33,34). The molecule has 1 atom stereocenters. The van der Waals surface area contributed by atoms with E-state index in [1.54, 1.807) is 0 Å². The second kappa shape index (κ2) is 10.1. The van der Waals surface area contributed by atoms with Crippen LogP contribution in [0.5, 0.6) is 0 Å². The second-order valence-electron chi connectivity index (χ2n) is 9.94. The van der Waals surface area contributed by atoms with Crippen LogP contribution in [0.2, 0.25) is 0 Å². The van der Waals surface area contributed by atoms with E-state index in [-0.39, 0.29) is 24.1 Å². The molecule has 2 heterocycles. The van der Waals surface area contributed by atoms with Gasteiger partial charge in [0, 0.05) is 18.2 Å². The van der Waals surface area contributed by atoms with E-state index in [0.29, 0.717) is 28.6 Å². The van der Waals surface area contributed by atoms with Crippen molar-refractivity contribution in [1.29, 1.82) is 0 Å². The van der Waals surface area contributed by atoms with Gasteiger partial charge in [0.05, 0.1) is 5.56 Å². The number of benzene rings is 2. The molecule has 0 spiro atoms. The van der Waals surface area contributed by atoms with Crippen LogP contribution < -0.4 is 5.32 Å². The maximum absolute atomic E-state index is 13.1. The summed E-state index contributed by atoms with van der Waals surface area (Å²) in [5.41, 5.74) is 2.40. The number of nitrogens with zero attached hydrogens (tertiary/aromatic N) is 4. The normalized spacial score (nSPS) is 15.2. The monoisotopic (exact) mass is 523 g/mol. The van der Waals surface area contributed by atoms with E-state index in [1.165, 1.54) is 12.1 Å². The van der Waals surface area contributed by atoms with Gasteiger partial charge in [0.2, 0.25) is 5.82 Å². The molecule has 7 nitrogen and oxygen atoms in total. The predicted molar refractivity (Wildman–Crippen MR) is 138 cm³/mol. The quantitative estimate of drug-likeness (QED) is 0.285. The summed E-state index contributed by atoms with van der Waals surface area (Å²) in [6.45, 7) is 4.20. The maximum Gasteiger partial charge on any atom is 0.416 e. The van der Waals surface area contributed by atoms with Crippen molar-refractivity contribution in [2.75, 3.05) is 5.32 Å². The first kappa shape index (κ1) is 25.7. The number of fused-ring (bicyclic) bond motifs is 1. The van der Waals surface area contributed by atoms with E-state index < -0.39 is 17.7 Å². The number of alkyl halides is 3. The summed E-state index contributed by atoms with van der Waals surface area (Å²) >= 11 is 0. The molecule has 10 heteroatoms. The van der Waals surface area contributed by atoms with Gasteiger partial charge in [0.1, 0.15) is 11.3 Å². The van der Waals surface area contributed by atoms with E-state index in [2.05, 4.69) is 22.2 Å². The van der Waals surface area contributed by atoms with Crippen LogP contribution in [0.3, 0.4) is 0 Å². The van der Waals surface area contributed by atoms with Crippen LogP contribution in [0, 0.1) is 12.8 Å². The van der Waals surface area contributed by atoms with Gasteiger partial charge in [-0.2, -0.15) is 13.2 Å². The Morgan fingerprint density at radius 1 is 1.11 bits per heavy atom. The lowest BCUT2D eigenvalue weighted by Gasteiger charge is -2.22. The number of nitrogens with one attached hydrogen (secondary N) is 1. The van der Waals surface area contributed by atoms with E-state index in [1.807, 2.05) is 35.8 Å². The van der Waals surface area contributed by atoms with Crippen LogP contribution in [0.4, 0.5) is 19.0 Å². The fraction of sp³-hybridized carbons (Fsp3) is 0.357. The number of carboxylic acid groups (broad SMARTS) is 1. The number of hydrogen-bond donors (Lipinski definition) is 2. The number of rotatable bonds is 7. The Morgan fingerprint density at radius 3 is 2.45 bits per heavy atom. The zero-order valence-corrected chi connectivity index (χ0v) is 21.1. The highest BCUT2D eigenvalue weighted by molar-refractivity contribution is 5.92. The first-order valence-corrected chi connectivity index (χ1v) is 12.6. The first-order chi connectivity index (χ1) is 18.1. The zero-order chi connectivity index (χ0) is 27.0. The minimum absolute atomic E-state index is 0.0362.